The summed E-state index contributed by atoms with van der Waals surface area (Å²) in [6, 6.07) is 5.98. The maximum absolute atomic E-state index is 12.3. The van der Waals surface area contributed by atoms with Crippen LogP contribution in [-0.2, 0) is 11.2 Å². The number of ether oxygens (including phenoxy) is 2. The Morgan fingerprint density at radius 3 is 2.64 bits per heavy atom. The van der Waals surface area contributed by atoms with Crippen molar-refractivity contribution in [1.82, 2.24) is 5.32 Å². The molecule has 0 saturated carbocycles. The van der Waals surface area contributed by atoms with Crippen LogP contribution in [0.1, 0.15) is 5.56 Å². The van der Waals surface area contributed by atoms with Crippen LogP contribution in [0.5, 0.6) is 5.75 Å². The average Bonchev–Trinajstić information content (AvgIpc) is 2.39. The lowest BCUT2D eigenvalue weighted by molar-refractivity contribution is -0.274. The number of alkyl halides is 3. The van der Waals surface area contributed by atoms with Crippen LogP contribution in [0.3, 0.4) is 0 Å². The Kier molecular flexibility index (Phi) is 9.90. The van der Waals surface area contributed by atoms with Crippen LogP contribution in [-0.4, -0.2) is 39.1 Å². The number of nitrogens with two attached hydrogens (primary N) is 1. The lowest BCUT2D eigenvalue weighted by Gasteiger charge is -2.13. The third kappa shape index (κ3) is 8.93. The van der Waals surface area contributed by atoms with Crippen molar-refractivity contribution in [3.05, 3.63) is 29.8 Å². The van der Waals surface area contributed by atoms with E-state index in [-0.39, 0.29) is 35.7 Å². The highest BCUT2D eigenvalue weighted by atomic mass is 127. The van der Waals surface area contributed by atoms with Gasteiger partial charge in [0.15, 0.2) is 5.96 Å². The first-order valence-corrected chi connectivity index (χ1v) is 6.29. The Bertz CT molecular complexity index is 470. The Morgan fingerprint density at radius 2 is 2.00 bits per heavy atom. The second-order valence-corrected chi connectivity index (χ2v) is 4.09. The summed E-state index contributed by atoms with van der Waals surface area (Å²) in [4.78, 5) is 3.97. The SMILES string of the molecule is COCCN=C(N)NCCc1ccccc1OC(F)(F)F.I. The molecule has 0 heterocycles. The first-order valence-electron chi connectivity index (χ1n) is 6.29. The van der Waals surface area contributed by atoms with Crippen LogP contribution in [0.25, 0.3) is 0 Å². The molecule has 0 radical (unpaired) electrons. The van der Waals surface area contributed by atoms with Gasteiger partial charge in [-0.25, -0.2) is 0 Å². The number of para-hydroxylation sites is 1. The molecule has 3 N–H and O–H groups in total. The molecule has 9 heteroatoms. The molecule has 1 aromatic rings. The molecule has 1 aromatic carbocycles. The van der Waals surface area contributed by atoms with Gasteiger partial charge in [-0.3, -0.25) is 4.99 Å². The van der Waals surface area contributed by atoms with E-state index in [1.807, 2.05) is 0 Å². The lowest BCUT2D eigenvalue weighted by atomic mass is 10.1. The number of nitrogens with zero attached hydrogens (tertiary/aromatic N) is 1. The highest BCUT2D eigenvalue weighted by molar-refractivity contribution is 14.0. The molecule has 0 saturated heterocycles. The quantitative estimate of drug-likeness (QED) is 0.300. The minimum atomic E-state index is -4.70. The number of halogens is 4. The van der Waals surface area contributed by atoms with Crippen molar-refractivity contribution < 1.29 is 22.6 Å². The average molecular weight is 433 g/mol. The number of benzene rings is 1. The number of rotatable bonds is 7. The van der Waals surface area contributed by atoms with E-state index in [1.165, 1.54) is 12.1 Å². The van der Waals surface area contributed by atoms with E-state index in [1.54, 1.807) is 19.2 Å². The van der Waals surface area contributed by atoms with Crippen LogP contribution >= 0.6 is 24.0 Å². The molecule has 126 valence electrons. The summed E-state index contributed by atoms with van der Waals surface area (Å²) in [5.41, 5.74) is 6.03. The molecule has 0 bridgehead atoms. The zero-order chi connectivity index (χ0) is 15.7. The van der Waals surface area contributed by atoms with E-state index < -0.39 is 6.36 Å². The molecule has 5 nitrogen and oxygen atoms in total. The fourth-order valence-electron chi connectivity index (χ4n) is 1.57. The van der Waals surface area contributed by atoms with Crippen LogP contribution in [0.2, 0.25) is 0 Å². The predicted molar refractivity (Wildman–Crippen MR) is 88.6 cm³/mol. The summed E-state index contributed by atoms with van der Waals surface area (Å²) in [6.45, 7) is 1.22. The Hall–Kier alpha value is -1.23. The number of methoxy groups -OCH3 is 1. The van der Waals surface area contributed by atoms with Gasteiger partial charge < -0.3 is 20.5 Å². The molecule has 0 fully saturated rings. The zero-order valence-corrected chi connectivity index (χ0v) is 14.4. The molecule has 22 heavy (non-hydrogen) atoms. The molecular weight excluding hydrogens is 414 g/mol. The highest BCUT2D eigenvalue weighted by Gasteiger charge is 2.31. The first kappa shape index (κ1) is 20.8. The van der Waals surface area contributed by atoms with Gasteiger partial charge in [-0.2, -0.15) is 0 Å². The van der Waals surface area contributed by atoms with Crippen molar-refractivity contribution in [2.45, 2.75) is 12.8 Å². The Balaban J connectivity index is 0.00000441. The number of hydrogen-bond donors (Lipinski definition) is 2. The van der Waals surface area contributed by atoms with Gasteiger partial charge in [-0.1, -0.05) is 18.2 Å². The minimum Gasteiger partial charge on any atom is -0.406 e. The van der Waals surface area contributed by atoms with Crippen LogP contribution in [0.4, 0.5) is 13.2 Å². The summed E-state index contributed by atoms with van der Waals surface area (Å²) in [5, 5.41) is 2.82. The lowest BCUT2D eigenvalue weighted by Crippen LogP contribution is -2.33. The smallest absolute Gasteiger partial charge is 0.406 e. The molecule has 0 aromatic heterocycles. The third-order valence-corrected chi connectivity index (χ3v) is 2.48. The van der Waals surface area contributed by atoms with Gasteiger partial charge in [-0.15, -0.1) is 37.1 Å². The van der Waals surface area contributed by atoms with Crippen molar-refractivity contribution in [3.63, 3.8) is 0 Å². The van der Waals surface area contributed by atoms with Crippen molar-refractivity contribution in [2.75, 3.05) is 26.8 Å². The second kappa shape index (κ2) is 10.5. The third-order valence-electron chi connectivity index (χ3n) is 2.48. The van der Waals surface area contributed by atoms with Crippen LogP contribution in [0, 0.1) is 0 Å². The van der Waals surface area contributed by atoms with Crippen molar-refractivity contribution in [1.29, 1.82) is 0 Å². The molecule has 1 rings (SSSR count). The molecule has 0 amide bonds. The topological polar surface area (TPSA) is 68.9 Å². The first-order chi connectivity index (χ1) is 9.92. The summed E-state index contributed by atoms with van der Waals surface area (Å²) >= 11 is 0. The fraction of sp³-hybridized carbons (Fsp3) is 0.462. The predicted octanol–water partition coefficient (Wildman–Crippen LogP) is 2.30. The summed E-state index contributed by atoms with van der Waals surface area (Å²) < 4.78 is 45.5. The summed E-state index contributed by atoms with van der Waals surface area (Å²) in [7, 11) is 1.55. The second-order valence-electron chi connectivity index (χ2n) is 4.09. The summed E-state index contributed by atoms with van der Waals surface area (Å²) in [5.74, 6) is 0.0166. The Labute approximate surface area is 144 Å². The number of hydrogen-bond acceptors (Lipinski definition) is 3. The molecule has 0 unspecified atom stereocenters. The molecule has 0 aliphatic carbocycles. The van der Waals surface area contributed by atoms with Gasteiger partial charge in [0.1, 0.15) is 5.75 Å². The Morgan fingerprint density at radius 1 is 1.32 bits per heavy atom. The van der Waals surface area contributed by atoms with E-state index in [0.717, 1.165) is 0 Å². The van der Waals surface area contributed by atoms with Gasteiger partial charge in [0, 0.05) is 13.7 Å². The molecule has 0 spiro atoms. The number of aliphatic imine (C=N–C) groups is 1. The number of nitrogens with one attached hydrogen (secondary N) is 1. The normalized spacial score (nSPS) is 11.7. The van der Waals surface area contributed by atoms with Gasteiger partial charge >= 0.3 is 6.36 Å². The molecular formula is C13H19F3IN3O2. The molecule has 0 atom stereocenters. The number of guanidine groups is 1. The van der Waals surface area contributed by atoms with E-state index in [9.17, 15) is 13.2 Å². The van der Waals surface area contributed by atoms with Gasteiger partial charge in [0.25, 0.3) is 0 Å². The maximum atomic E-state index is 12.3. The van der Waals surface area contributed by atoms with Crippen LogP contribution in [0.15, 0.2) is 29.3 Å². The van der Waals surface area contributed by atoms with Crippen LogP contribution < -0.4 is 15.8 Å². The van der Waals surface area contributed by atoms with Crippen molar-refractivity contribution >= 4 is 29.9 Å². The molecule has 0 aliphatic heterocycles. The largest absolute Gasteiger partial charge is 0.573 e. The van der Waals surface area contributed by atoms with Gasteiger partial charge in [0.05, 0.1) is 13.2 Å². The maximum Gasteiger partial charge on any atom is 0.573 e. The minimum absolute atomic E-state index is 0. The summed E-state index contributed by atoms with van der Waals surface area (Å²) in [6.07, 6.45) is -4.38. The zero-order valence-electron chi connectivity index (χ0n) is 12.0. The van der Waals surface area contributed by atoms with E-state index in [2.05, 4.69) is 15.0 Å². The van der Waals surface area contributed by atoms with E-state index in [4.69, 9.17) is 10.5 Å². The van der Waals surface area contributed by atoms with E-state index >= 15 is 0 Å². The molecule has 0 aliphatic rings. The highest BCUT2D eigenvalue weighted by Crippen LogP contribution is 2.26. The van der Waals surface area contributed by atoms with Gasteiger partial charge in [0.2, 0.25) is 0 Å². The van der Waals surface area contributed by atoms with Crippen molar-refractivity contribution in [2.24, 2.45) is 10.7 Å². The standard InChI is InChI=1S/C13H18F3N3O2.HI/c1-20-9-8-19-12(17)18-7-6-10-4-2-3-5-11(10)21-13(14,15)16;/h2-5H,6-9H2,1H3,(H3,17,18,19);1H. The fourth-order valence-corrected chi connectivity index (χ4v) is 1.57. The van der Waals surface area contributed by atoms with Gasteiger partial charge in [-0.05, 0) is 18.1 Å². The van der Waals surface area contributed by atoms with E-state index in [0.29, 0.717) is 31.7 Å². The monoisotopic (exact) mass is 433 g/mol. The van der Waals surface area contributed by atoms with Crippen molar-refractivity contribution in [3.8, 4) is 5.75 Å².